The minimum absolute atomic E-state index is 0.297. The second-order valence-corrected chi connectivity index (χ2v) is 4.53. The van der Waals surface area contributed by atoms with Gasteiger partial charge in [0, 0.05) is 0 Å². The molecule has 0 N–H and O–H groups in total. The molecule has 0 saturated carbocycles. The molecule has 0 aliphatic carbocycles. The Hall–Kier alpha value is -1.06. The number of carbonyl (C=O) groups excluding carboxylic acids is 2. The average molecular weight is 216 g/mol. The van der Waals surface area contributed by atoms with Crippen molar-refractivity contribution in [1.82, 2.24) is 0 Å². The molecule has 0 aliphatic rings. The van der Waals surface area contributed by atoms with Gasteiger partial charge in [-0.05, 0) is 27.2 Å². The van der Waals surface area contributed by atoms with E-state index in [1.807, 2.05) is 6.92 Å². The van der Waals surface area contributed by atoms with Gasteiger partial charge in [-0.1, -0.05) is 19.8 Å². The summed E-state index contributed by atoms with van der Waals surface area (Å²) in [5.74, 6) is -1.02. The van der Waals surface area contributed by atoms with Crippen LogP contribution in [0.4, 0.5) is 0 Å². The first-order valence-electron chi connectivity index (χ1n) is 5.29. The predicted molar refractivity (Wildman–Crippen MR) is 55.8 cm³/mol. The van der Waals surface area contributed by atoms with Crippen molar-refractivity contribution in [2.75, 3.05) is 0 Å². The number of hydrogen-bond donors (Lipinski definition) is 0. The van der Waals surface area contributed by atoms with E-state index < -0.39 is 17.4 Å². The highest BCUT2D eigenvalue weighted by molar-refractivity contribution is 5.76. The lowest BCUT2D eigenvalue weighted by Crippen LogP contribution is -2.24. The molecule has 0 saturated heterocycles. The van der Waals surface area contributed by atoms with E-state index >= 15 is 0 Å². The van der Waals surface area contributed by atoms with Gasteiger partial charge in [0.25, 0.3) is 0 Å². The van der Waals surface area contributed by atoms with Crippen molar-refractivity contribution in [2.45, 2.75) is 53.4 Å². The lowest BCUT2D eigenvalue weighted by Gasteiger charge is -2.14. The van der Waals surface area contributed by atoms with Crippen LogP contribution in [-0.2, 0) is 19.4 Å². The highest BCUT2D eigenvalue weighted by Crippen LogP contribution is 2.15. The van der Waals surface area contributed by atoms with E-state index in [4.69, 9.17) is 0 Å². The summed E-state index contributed by atoms with van der Waals surface area (Å²) in [6, 6.07) is 0. The zero-order valence-electron chi connectivity index (χ0n) is 9.96. The summed E-state index contributed by atoms with van der Waals surface area (Å²) in [5.41, 5.74) is -0.649. The SMILES string of the molecule is CCCCCC(=O)OOC(=O)C(C)(C)C. The molecular formula is C11H20O4. The highest BCUT2D eigenvalue weighted by Gasteiger charge is 2.25. The van der Waals surface area contributed by atoms with Gasteiger partial charge >= 0.3 is 11.9 Å². The molecule has 0 unspecified atom stereocenters. The smallest absolute Gasteiger partial charge is 0.247 e. The molecule has 0 atom stereocenters. The van der Waals surface area contributed by atoms with E-state index in [0.717, 1.165) is 19.3 Å². The van der Waals surface area contributed by atoms with Crippen LogP contribution in [0.2, 0.25) is 0 Å². The first-order valence-corrected chi connectivity index (χ1v) is 5.29. The number of unbranched alkanes of at least 4 members (excludes halogenated alkanes) is 2. The van der Waals surface area contributed by atoms with Crippen LogP contribution >= 0.6 is 0 Å². The Morgan fingerprint density at radius 2 is 1.67 bits per heavy atom. The molecule has 4 nitrogen and oxygen atoms in total. The second-order valence-electron chi connectivity index (χ2n) is 4.53. The van der Waals surface area contributed by atoms with Crippen LogP contribution in [-0.4, -0.2) is 11.9 Å². The zero-order chi connectivity index (χ0) is 11.9. The van der Waals surface area contributed by atoms with Gasteiger partial charge in [-0.2, -0.15) is 0 Å². The third kappa shape index (κ3) is 6.94. The van der Waals surface area contributed by atoms with E-state index in [-0.39, 0.29) is 0 Å². The van der Waals surface area contributed by atoms with Crippen LogP contribution in [0.5, 0.6) is 0 Å². The average Bonchev–Trinajstić information content (AvgIpc) is 2.13. The van der Waals surface area contributed by atoms with Gasteiger partial charge in [0.15, 0.2) is 0 Å². The molecule has 0 aromatic carbocycles. The number of rotatable bonds is 4. The van der Waals surface area contributed by atoms with Gasteiger partial charge in [-0.15, -0.1) is 0 Å². The molecule has 0 spiro atoms. The number of carbonyl (C=O) groups is 2. The maximum atomic E-state index is 11.2. The van der Waals surface area contributed by atoms with Crippen molar-refractivity contribution in [3.8, 4) is 0 Å². The Balaban J connectivity index is 3.67. The first kappa shape index (κ1) is 13.9. The van der Waals surface area contributed by atoms with Gasteiger partial charge in [-0.3, -0.25) is 0 Å². The summed E-state index contributed by atoms with van der Waals surface area (Å²) in [6.45, 7) is 7.13. The van der Waals surface area contributed by atoms with Crippen LogP contribution in [0.3, 0.4) is 0 Å². The van der Waals surface area contributed by atoms with E-state index in [2.05, 4.69) is 9.78 Å². The van der Waals surface area contributed by atoms with E-state index in [0.29, 0.717) is 6.42 Å². The Morgan fingerprint density at radius 3 is 2.13 bits per heavy atom. The van der Waals surface area contributed by atoms with Crippen LogP contribution in [0, 0.1) is 5.41 Å². The topological polar surface area (TPSA) is 52.6 Å². The summed E-state index contributed by atoms with van der Waals surface area (Å²) < 4.78 is 0. The molecule has 0 amide bonds. The van der Waals surface area contributed by atoms with Gasteiger partial charge < -0.3 is 0 Å². The van der Waals surface area contributed by atoms with E-state index in [1.54, 1.807) is 20.8 Å². The maximum absolute atomic E-state index is 11.2. The van der Waals surface area contributed by atoms with E-state index in [9.17, 15) is 9.59 Å². The molecule has 0 heterocycles. The van der Waals surface area contributed by atoms with Crippen molar-refractivity contribution >= 4 is 11.9 Å². The van der Waals surface area contributed by atoms with Crippen LogP contribution < -0.4 is 0 Å². The molecule has 88 valence electrons. The Kier molecular flexibility index (Phi) is 5.97. The molecular weight excluding hydrogens is 196 g/mol. The summed E-state index contributed by atoms with van der Waals surface area (Å²) in [5, 5.41) is 0. The summed E-state index contributed by atoms with van der Waals surface area (Å²) in [7, 11) is 0. The van der Waals surface area contributed by atoms with Gasteiger partial charge in [0.2, 0.25) is 0 Å². The van der Waals surface area contributed by atoms with Crippen molar-refractivity contribution in [2.24, 2.45) is 5.41 Å². The Labute approximate surface area is 90.9 Å². The van der Waals surface area contributed by atoms with Crippen molar-refractivity contribution in [3.05, 3.63) is 0 Å². The second kappa shape index (κ2) is 6.43. The quantitative estimate of drug-likeness (QED) is 0.412. The van der Waals surface area contributed by atoms with Gasteiger partial charge in [0.05, 0.1) is 11.8 Å². The van der Waals surface area contributed by atoms with Crippen molar-refractivity contribution in [3.63, 3.8) is 0 Å². The molecule has 0 aliphatic heterocycles. The van der Waals surface area contributed by atoms with Gasteiger partial charge in [-0.25, -0.2) is 19.4 Å². The predicted octanol–water partition coefficient (Wildman–Crippen LogP) is 2.61. The Bertz CT molecular complexity index is 215. The molecule has 15 heavy (non-hydrogen) atoms. The zero-order valence-corrected chi connectivity index (χ0v) is 9.96. The van der Waals surface area contributed by atoms with Crippen molar-refractivity contribution < 1.29 is 19.4 Å². The van der Waals surface area contributed by atoms with Crippen molar-refractivity contribution in [1.29, 1.82) is 0 Å². The molecule has 0 bridgehead atoms. The standard InChI is InChI=1S/C11H20O4/c1-5-6-7-8-9(12)14-15-10(13)11(2,3)4/h5-8H2,1-4H3. The third-order valence-corrected chi connectivity index (χ3v) is 1.81. The highest BCUT2D eigenvalue weighted by atomic mass is 17.2. The van der Waals surface area contributed by atoms with E-state index in [1.165, 1.54) is 0 Å². The lowest BCUT2D eigenvalue weighted by atomic mass is 9.98. The number of hydrogen-bond acceptors (Lipinski definition) is 4. The normalized spacial score (nSPS) is 10.9. The van der Waals surface area contributed by atoms with Crippen LogP contribution in [0.25, 0.3) is 0 Å². The fourth-order valence-electron chi connectivity index (χ4n) is 0.770. The first-order chi connectivity index (χ1) is 6.88. The summed E-state index contributed by atoms with van der Waals surface area (Å²) in [4.78, 5) is 31.0. The summed E-state index contributed by atoms with van der Waals surface area (Å²) >= 11 is 0. The fourth-order valence-corrected chi connectivity index (χ4v) is 0.770. The molecule has 4 heteroatoms. The van der Waals surface area contributed by atoms with Crippen LogP contribution in [0.1, 0.15) is 53.4 Å². The Morgan fingerprint density at radius 1 is 1.07 bits per heavy atom. The monoisotopic (exact) mass is 216 g/mol. The minimum Gasteiger partial charge on any atom is -0.247 e. The largest absolute Gasteiger partial charge is 0.360 e. The summed E-state index contributed by atoms with van der Waals surface area (Å²) in [6.07, 6.45) is 3.07. The third-order valence-electron chi connectivity index (χ3n) is 1.81. The molecule has 0 aromatic rings. The fraction of sp³-hybridized carbons (Fsp3) is 0.818. The van der Waals surface area contributed by atoms with Crippen LogP contribution in [0.15, 0.2) is 0 Å². The molecule has 0 radical (unpaired) electrons. The lowest BCUT2D eigenvalue weighted by molar-refractivity contribution is -0.265. The molecule has 0 aromatic heterocycles. The molecule has 0 fully saturated rings. The minimum atomic E-state index is -0.649. The molecule has 0 rings (SSSR count). The maximum Gasteiger partial charge on any atom is 0.360 e. The van der Waals surface area contributed by atoms with Gasteiger partial charge in [0.1, 0.15) is 0 Å².